The number of nitrogen functional groups attached to an aromatic ring is 1. The zero-order valence-electron chi connectivity index (χ0n) is 20.4. The van der Waals surface area contributed by atoms with Crippen LogP contribution in [-0.4, -0.2) is 89.6 Å². The summed E-state index contributed by atoms with van der Waals surface area (Å²) in [5, 5.41) is 17.3. The number of sulfonamides is 1. The number of thiazole rings is 1. The SMILES string of the molecule is CON=C(C(=O)N[C@@H]1C(=O)N2C(C(=O)O)=C(Cc3cccc(S(=O)(=O)N(C)C)c3)CS[C@H]12)c1csc(N)n1. The lowest BCUT2D eigenvalue weighted by Gasteiger charge is -2.49. The first-order chi connectivity index (χ1) is 17.9. The number of fused-ring (bicyclic) bond motifs is 1. The van der Waals surface area contributed by atoms with Gasteiger partial charge >= 0.3 is 5.97 Å². The summed E-state index contributed by atoms with van der Waals surface area (Å²) in [4.78, 5) is 48.1. The maximum Gasteiger partial charge on any atom is 0.352 e. The van der Waals surface area contributed by atoms with E-state index in [4.69, 9.17) is 10.6 Å². The average molecular weight is 581 g/mol. The molecular formula is C22H24N6O7S3. The Kier molecular flexibility index (Phi) is 7.78. The van der Waals surface area contributed by atoms with Gasteiger partial charge in [-0.3, -0.25) is 14.5 Å². The molecule has 3 heterocycles. The molecule has 4 N–H and O–H groups in total. The number of amides is 2. The number of aliphatic carboxylic acids is 1. The molecule has 2 aliphatic rings. The molecule has 0 unspecified atom stereocenters. The third-order valence-electron chi connectivity index (χ3n) is 5.79. The number of carboxylic acids is 1. The van der Waals surface area contributed by atoms with Gasteiger partial charge in [0.1, 0.15) is 29.9 Å². The van der Waals surface area contributed by atoms with Gasteiger partial charge in [-0.15, -0.1) is 23.1 Å². The van der Waals surface area contributed by atoms with E-state index < -0.39 is 39.2 Å². The van der Waals surface area contributed by atoms with Gasteiger partial charge in [0.2, 0.25) is 10.0 Å². The van der Waals surface area contributed by atoms with Crippen LogP contribution in [0.5, 0.6) is 0 Å². The number of carbonyl (C=O) groups excluding carboxylic acids is 2. The molecule has 0 spiro atoms. The topological polar surface area (TPSA) is 185 Å². The van der Waals surface area contributed by atoms with E-state index >= 15 is 0 Å². The van der Waals surface area contributed by atoms with Crippen LogP contribution < -0.4 is 11.1 Å². The number of thioether (sulfide) groups is 1. The maximum absolute atomic E-state index is 13.0. The summed E-state index contributed by atoms with van der Waals surface area (Å²) in [6, 6.07) is 5.24. The summed E-state index contributed by atoms with van der Waals surface area (Å²) in [5.74, 6) is -2.35. The third-order valence-corrected chi connectivity index (χ3v) is 9.62. The molecule has 202 valence electrons. The van der Waals surface area contributed by atoms with Crippen LogP contribution in [0.3, 0.4) is 0 Å². The molecule has 1 aromatic carbocycles. The number of carbonyl (C=O) groups is 3. The molecule has 1 aromatic heterocycles. The van der Waals surface area contributed by atoms with Gasteiger partial charge in [-0.25, -0.2) is 22.5 Å². The molecule has 0 aliphatic carbocycles. The maximum atomic E-state index is 13.0. The summed E-state index contributed by atoms with van der Waals surface area (Å²) >= 11 is 2.40. The first kappa shape index (κ1) is 27.6. The van der Waals surface area contributed by atoms with E-state index in [1.165, 1.54) is 50.5 Å². The summed E-state index contributed by atoms with van der Waals surface area (Å²) in [7, 11) is 0.428. The number of nitrogens with one attached hydrogen (secondary N) is 1. The van der Waals surface area contributed by atoms with Gasteiger partial charge in [0, 0.05) is 25.2 Å². The Hall–Kier alpha value is -3.47. The average Bonchev–Trinajstić information content (AvgIpc) is 3.30. The van der Waals surface area contributed by atoms with Gasteiger partial charge in [-0.05, 0) is 29.7 Å². The highest BCUT2D eigenvalue weighted by Crippen LogP contribution is 2.41. The second kappa shape index (κ2) is 10.7. The Labute approximate surface area is 226 Å². The normalized spacial score (nSPS) is 19.7. The molecule has 0 bridgehead atoms. The zero-order chi connectivity index (χ0) is 27.8. The number of nitrogens with two attached hydrogens (primary N) is 1. The van der Waals surface area contributed by atoms with E-state index in [1.807, 2.05) is 0 Å². The number of aromatic nitrogens is 1. The number of anilines is 1. The predicted octanol–water partition coefficient (Wildman–Crippen LogP) is 0.307. The second-order valence-corrected chi connectivity index (χ2v) is 12.6. The van der Waals surface area contributed by atoms with Crippen molar-refractivity contribution in [1.29, 1.82) is 0 Å². The highest BCUT2D eigenvalue weighted by molar-refractivity contribution is 8.00. The quantitative estimate of drug-likeness (QED) is 0.212. The minimum atomic E-state index is -3.67. The van der Waals surface area contributed by atoms with Crippen molar-refractivity contribution in [3.8, 4) is 0 Å². The van der Waals surface area contributed by atoms with Crippen molar-refractivity contribution in [3.63, 3.8) is 0 Å². The number of hydrogen-bond donors (Lipinski definition) is 3. The van der Waals surface area contributed by atoms with Gasteiger partial charge in [0.25, 0.3) is 11.8 Å². The van der Waals surface area contributed by atoms with Gasteiger partial charge < -0.3 is 21.0 Å². The number of rotatable bonds is 9. The fraction of sp³-hybridized carbons (Fsp3) is 0.318. The largest absolute Gasteiger partial charge is 0.477 e. The van der Waals surface area contributed by atoms with E-state index in [0.29, 0.717) is 11.1 Å². The Morgan fingerprint density at radius 2 is 2.11 bits per heavy atom. The van der Waals surface area contributed by atoms with E-state index in [9.17, 15) is 27.9 Å². The molecule has 0 saturated carbocycles. The van der Waals surface area contributed by atoms with Crippen molar-refractivity contribution in [1.82, 2.24) is 19.5 Å². The van der Waals surface area contributed by atoms with Crippen LogP contribution in [0.2, 0.25) is 0 Å². The van der Waals surface area contributed by atoms with Gasteiger partial charge in [-0.2, -0.15) is 0 Å². The number of carboxylic acid groups (broad SMARTS) is 1. The molecule has 2 atom stereocenters. The smallest absolute Gasteiger partial charge is 0.352 e. The predicted molar refractivity (Wildman–Crippen MR) is 141 cm³/mol. The first-order valence-electron chi connectivity index (χ1n) is 11.0. The van der Waals surface area contributed by atoms with Gasteiger partial charge in [0.05, 0.1) is 4.90 Å². The van der Waals surface area contributed by atoms with Crippen molar-refractivity contribution in [2.24, 2.45) is 5.16 Å². The number of hydrogen-bond acceptors (Lipinski definition) is 11. The Morgan fingerprint density at radius 3 is 2.71 bits per heavy atom. The van der Waals surface area contributed by atoms with Crippen molar-refractivity contribution in [2.75, 3.05) is 32.7 Å². The van der Waals surface area contributed by atoms with Gasteiger partial charge in [0.15, 0.2) is 10.8 Å². The van der Waals surface area contributed by atoms with Crippen molar-refractivity contribution >= 4 is 61.7 Å². The molecule has 16 heteroatoms. The highest BCUT2D eigenvalue weighted by Gasteiger charge is 2.54. The fourth-order valence-electron chi connectivity index (χ4n) is 3.99. The van der Waals surface area contributed by atoms with Crippen LogP contribution in [0, 0.1) is 0 Å². The molecule has 1 fully saturated rings. The first-order valence-corrected chi connectivity index (χ1v) is 14.4. The molecule has 2 amide bonds. The van der Waals surface area contributed by atoms with Crippen molar-refractivity contribution in [2.45, 2.75) is 22.7 Å². The number of benzene rings is 1. The summed E-state index contributed by atoms with van der Waals surface area (Å²) in [6.45, 7) is 0. The third kappa shape index (κ3) is 5.11. The summed E-state index contributed by atoms with van der Waals surface area (Å²) in [5.41, 5.74) is 6.51. The Bertz CT molecular complexity index is 1470. The van der Waals surface area contributed by atoms with Crippen LogP contribution in [-0.2, 0) is 35.7 Å². The molecule has 13 nitrogen and oxygen atoms in total. The van der Waals surface area contributed by atoms with Crippen LogP contribution in [0.25, 0.3) is 0 Å². The molecule has 0 radical (unpaired) electrons. The van der Waals surface area contributed by atoms with E-state index in [-0.39, 0.29) is 39.3 Å². The molecular weight excluding hydrogens is 556 g/mol. The van der Waals surface area contributed by atoms with Crippen LogP contribution in [0.1, 0.15) is 11.3 Å². The second-order valence-electron chi connectivity index (χ2n) is 8.42. The fourth-order valence-corrected chi connectivity index (χ4v) is 6.86. The molecule has 4 rings (SSSR count). The highest BCUT2D eigenvalue weighted by atomic mass is 32.2. The van der Waals surface area contributed by atoms with E-state index in [2.05, 4.69) is 15.5 Å². The monoisotopic (exact) mass is 580 g/mol. The number of oxime groups is 1. The molecule has 1 saturated heterocycles. The molecule has 2 aliphatic heterocycles. The van der Waals surface area contributed by atoms with Crippen molar-refractivity contribution < 1.29 is 32.7 Å². The lowest BCUT2D eigenvalue weighted by atomic mass is 9.99. The number of β-lactam (4-membered cyclic amide) rings is 1. The number of nitrogens with zero attached hydrogens (tertiary/aromatic N) is 4. The standard InChI is InChI=1S/C22H24N6O7S3/c1-27(2)38(33,34)13-6-4-5-11(8-13)7-12-9-36-20-16(19(30)28(20)17(12)21(31)32)25-18(29)15(26-35-3)14-10-37-22(23)24-14/h4-6,8,10,16,20H,7,9H2,1-3H3,(H2,23,24)(H,25,29)(H,31,32)/t16-,20-/m1/s1. The lowest BCUT2D eigenvalue weighted by molar-refractivity contribution is -0.150. The minimum absolute atomic E-state index is 0.0806. The molecule has 2 aromatic rings. The van der Waals surface area contributed by atoms with Crippen LogP contribution in [0.4, 0.5) is 5.13 Å². The molecule has 38 heavy (non-hydrogen) atoms. The Balaban J connectivity index is 1.55. The summed E-state index contributed by atoms with van der Waals surface area (Å²) < 4.78 is 26.1. The van der Waals surface area contributed by atoms with E-state index in [0.717, 1.165) is 20.5 Å². The minimum Gasteiger partial charge on any atom is -0.477 e. The van der Waals surface area contributed by atoms with Crippen molar-refractivity contribution in [3.05, 3.63) is 52.2 Å². The van der Waals surface area contributed by atoms with Crippen LogP contribution >= 0.6 is 23.1 Å². The van der Waals surface area contributed by atoms with E-state index in [1.54, 1.807) is 12.1 Å². The Morgan fingerprint density at radius 1 is 1.37 bits per heavy atom. The van der Waals surface area contributed by atoms with Crippen LogP contribution in [0.15, 0.2) is 51.0 Å². The van der Waals surface area contributed by atoms with Gasteiger partial charge in [-0.1, -0.05) is 17.3 Å². The summed E-state index contributed by atoms with van der Waals surface area (Å²) in [6.07, 6.45) is 0.134. The lowest BCUT2D eigenvalue weighted by Crippen LogP contribution is -2.71. The zero-order valence-corrected chi connectivity index (χ0v) is 22.9.